The van der Waals surface area contributed by atoms with E-state index < -0.39 is 0 Å². The van der Waals surface area contributed by atoms with Crippen molar-refractivity contribution in [3.63, 3.8) is 0 Å². The number of ether oxygens (including phenoxy) is 1. The third-order valence-corrected chi connectivity index (χ3v) is 7.57. The van der Waals surface area contributed by atoms with Gasteiger partial charge in [0.1, 0.15) is 18.2 Å². The molecule has 1 fully saturated rings. The number of hydrogen-bond donors (Lipinski definition) is 1. The molecule has 0 atom stereocenters. The third-order valence-electron chi connectivity index (χ3n) is 4.47. The molecule has 1 aromatic heterocycles. The second kappa shape index (κ2) is 8.75. The fraction of sp³-hybridized carbons (Fsp3) is 0.238. The molecular formula is C21H21N3O2S2. The summed E-state index contributed by atoms with van der Waals surface area (Å²) in [6.45, 7) is 0.402. The van der Waals surface area contributed by atoms with Gasteiger partial charge in [-0.25, -0.2) is 4.98 Å². The normalized spacial score (nSPS) is 14.2. The predicted octanol–water partition coefficient (Wildman–Crippen LogP) is 4.73. The number of imidazole rings is 1. The van der Waals surface area contributed by atoms with Crippen molar-refractivity contribution in [1.82, 2.24) is 9.55 Å². The van der Waals surface area contributed by atoms with Gasteiger partial charge in [0.05, 0.1) is 4.58 Å². The zero-order valence-electron chi connectivity index (χ0n) is 15.5. The van der Waals surface area contributed by atoms with Crippen LogP contribution in [0, 0.1) is 0 Å². The summed E-state index contributed by atoms with van der Waals surface area (Å²) < 4.78 is 8.15. The van der Waals surface area contributed by atoms with E-state index in [0.717, 1.165) is 17.3 Å². The number of thioether (sulfide) groups is 2. The van der Waals surface area contributed by atoms with Crippen LogP contribution in [0.2, 0.25) is 0 Å². The summed E-state index contributed by atoms with van der Waals surface area (Å²) >= 11 is 3.93. The van der Waals surface area contributed by atoms with Crippen LogP contribution in [0.5, 0.6) is 5.75 Å². The molecule has 144 valence electrons. The highest BCUT2D eigenvalue weighted by Gasteiger charge is 2.18. The van der Waals surface area contributed by atoms with Gasteiger partial charge in [-0.2, -0.15) is 0 Å². The molecule has 2 heterocycles. The molecule has 1 saturated heterocycles. The number of carbonyl (C=O) groups excluding carboxylic acids is 1. The number of carbonyl (C=O) groups is 1. The van der Waals surface area contributed by atoms with E-state index in [1.807, 2.05) is 77.7 Å². The van der Waals surface area contributed by atoms with Gasteiger partial charge in [0.2, 0.25) is 0 Å². The molecule has 1 N–H and O–H groups in total. The fourth-order valence-electron chi connectivity index (χ4n) is 2.86. The molecule has 0 unspecified atom stereocenters. The molecule has 4 rings (SSSR count). The number of aromatic nitrogens is 2. The van der Waals surface area contributed by atoms with Gasteiger partial charge in [-0.3, -0.25) is 4.79 Å². The summed E-state index contributed by atoms with van der Waals surface area (Å²) in [5, 5.41) is 2.93. The number of nitrogens with zero attached hydrogens (tertiary/aromatic N) is 2. The van der Waals surface area contributed by atoms with Crippen molar-refractivity contribution in [1.29, 1.82) is 0 Å². The second-order valence-corrected chi connectivity index (χ2v) is 9.14. The molecule has 5 nitrogen and oxygen atoms in total. The summed E-state index contributed by atoms with van der Waals surface area (Å²) in [6, 6.07) is 15.3. The van der Waals surface area contributed by atoms with Crippen LogP contribution in [-0.2, 0) is 13.7 Å². The predicted molar refractivity (Wildman–Crippen MR) is 116 cm³/mol. The van der Waals surface area contributed by atoms with Gasteiger partial charge in [0.15, 0.2) is 0 Å². The molecular weight excluding hydrogens is 390 g/mol. The number of anilines is 1. The molecule has 0 bridgehead atoms. The van der Waals surface area contributed by atoms with Crippen molar-refractivity contribution in [2.75, 3.05) is 16.8 Å². The van der Waals surface area contributed by atoms with Crippen LogP contribution in [0.3, 0.4) is 0 Å². The van der Waals surface area contributed by atoms with E-state index >= 15 is 0 Å². The minimum Gasteiger partial charge on any atom is -0.486 e. The summed E-state index contributed by atoms with van der Waals surface area (Å²) in [4.78, 5) is 16.7. The Bertz CT molecular complexity index is 933. The smallest absolute Gasteiger partial charge is 0.255 e. The lowest BCUT2D eigenvalue weighted by Crippen LogP contribution is -2.11. The maximum Gasteiger partial charge on any atom is 0.255 e. The first-order chi connectivity index (χ1) is 13.7. The lowest BCUT2D eigenvalue weighted by molar-refractivity contribution is 0.102. The topological polar surface area (TPSA) is 56.1 Å². The largest absolute Gasteiger partial charge is 0.486 e. The van der Waals surface area contributed by atoms with Crippen molar-refractivity contribution >= 4 is 35.1 Å². The van der Waals surface area contributed by atoms with E-state index in [1.165, 1.54) is 17.1 Å². The quantitative estimate of drug-likeness (QED) is 0.635. The highest BCUT2D eigenvalue weighted by molar-refractivity contribution is 8.19. The van der Waals surface area contributed by atoms with Crippen molar-refractivity contribution in [3.8, 4) is 5.75 Å². The molecule has 1 aliphatic rings. The minimum absolute atomic E-state index is 0.111. The summed E-state index contributed by atoms with van der Waals surface area (Å²) in [5.41, 5.74) is 2.67. The number of benzene rings is 2. The Labute approximate surface area is 172 Å². The Balaban J connectivity index is 1.33. The number of aryl methyl sites for hydroxylation is 1. The Morgan fingerprint density at radius 3 is 2.50 bits per heavy atom. The number of amides is 1. The zero-order chi connectivity index (χ0) is 19.3. The van der Waals surface area contributed by atoms with Crippen molar-refractivity contribution < 1.29 is 9.53 Å². The highest BCUT2D eigenvalue weighted by atomic mass is 32.2. The van der Waals surface area contributed by atoms with Crippen LogP contribution in [-0.4, -0.2) is 27.0 Å². The highest BCUT2D eigenvalue weighted by Crippen LogP contribution is 2.45. The SMILES string of the molecule is Cn1ccnc1COc1ccc(NC(=O)c2ccc(C3SCCS3)cc2)cc1. The van der Waals surface area contributed by atoms with Gasteiger partial charge in [-0.05, 0) is 42.0 Å². The van der Waals surface area contributed by atoms with Crippen molar-refractivity contribution in [2.24, 2.45) is 7.05 Å². The Hall–Kier alpha value is -2.38. The Morgan fingerprint density at radius 1 is 1.14 bits per heavy atom. The average Bonchev–Trinajstić information content (AvgIpc) is 3.40. The molecule has 1 aliphatic heterocycles. The number of nitrogens with one attached hydrogen (secondary N) is 1. The monoisotopic (exact) mass is 411 g/mol. The van der Waals surface area contributed by atoms with Crippen LogP contribution in [0.15, 0.2) is 60.9 Å². The summed E-state index contributed by atoms with van der Waals surface area (Å²) in [6.07, 6.45) is 3.63. The van der Waals surface area contributed by atoms with E-state index in [0.29, 0.717) is 16.8 Å². The minimum atomic E-state index is -0.111. The van der Waals surface area contributed by atoms with Gasteiger partial charge in [0, 0.05) is 42.2 Å². The van der Waals surface area contributed by atoms with E-state index in [1.54, 1.807) is 6.20 Å². The molecule has 0 radical (unpaired) electrons. The number of hydrogen-bond acceptors (Lipinski definition) is 5. The van der Waals surface area contributed by atoms with E-state index in [9.17, 15) is 4.79 Å². The summed E-state index contributed by atoms with van der Waals surface area (Å²) in [5.74, 6) is 3.87. The lowest BCUT2D eigenvalue weighted by atomic mass is 10.1. The first-order valence-corrected chi connectivity index (χ1v) is 11.1. The van der Waals surface area contributed by atoms with Gasteiger partial charge < -0.3 is 14.6 Å². The van der Waals surface area contributed by atoms with Gasteiger partial charge in [0.25, 0.3) is 5.91 Å². The standard InChI is InChI=1S/C21H21N3O2S2/c1-24-11-10-22-19(24)14-26-18-8-6-17(7-9-18)23-20(25)15-2-4-16(5-3-15)21-27-12-13-28-21/h2-11,21H,12-14H2,1H3,(H,23,25). The second-order valence-electron chi connectivity index (χ2n) is 6.42. The fourth-order valence-corrected chi connectivity index (χ4v) is 5.72. The molecule has 1 amide bonds. The van der Waals surface area contributed by atoms with Crippen LogP contribution in [0.4, 0.5) is 5.69 Å². The third kappa shape index (κ3) is 4.54. The van der Waals surface area contributed by atoms with E-state index in [4.69, 9.17) is 4.74 Å². The van der Waals surface area contributed by atoms with Gasteiger partial charge >= 0.3 is 0 Å². The Kier molecular flexibility index (Phi) is 5.92. The first-order valence-electron chi connectivity index (χ1n) is 9.02. The average molecular weight is 412 g/mol. The van der Waals surface area contributed by atoms with Crippen LogP contribution < -0.4 is 10.1 Å². The molecule has 0 saturated carbocycles. The molecule has 0 spiro atoms. The van der Waals surface area contributed by atoms with Gasteiger partial charge in [-0.1, -0.05) is 12.1 Å². The zero-order valence-corrected chi connectivity index (χ0v) is 17.1. The van der Waals surface area contributed by atoms with Crippen molar-refractivity contribution in [3.05, 3.63) is 77.9 Å². The maximum absolute atomic E-state index is 12.5. The maximum atomic E-state index is 12.5. The Morgan fingerprint density at radius 2 is 1.86 bits per heavy atom. The van der Waals surface area contributed by atoms with E-state index in [2.05, 4.69) is 22.4 Å². The van der Waals surface area contributed by atoms with E-state index in [-0.39, 0.29) is 5.91 Å². The van der Waals surface area contributed by atoms with Crippen molar-refractivity contribution in [2.45, 2.75) is 11.2 Å². The van der Waals surface area contributed by atoms with Crippen LogP contribution in [0.25, 0.3) is 0 Å². The molecule has 3 aromatic rings. The molecule has 28 heavy (non-hydrogen) atoms. The lowest BCUT2D eigenvalue weighted by Gasteiger charge is -2.10. The van der Waals surface area contributed by atoms with Crippen LogP contribution in [0.1, 0.15) is 26.3 Å². The van der Waals surface area contributed by atoms with Gasteiger partial charge in [-0.15, -0.1) is 23.5 Å². The molecule has 0 aliphatic carbocycles. The van der Waals surface area contributed by atoms with Crippen LogP contribution >= 0.6 is 23.5 Å². The number of rotatable bonds is 6. The molecule has 2 aromatic carbocycles. The molecule has 7 heteroatoms. The summed E-state index contributed by atoms with van der Waals surface area (Å²) in [7, 11) is 1.93. The first kappa shape index (κ1) is 19.0.